The molecule has 2 nitrogen and oxygen atoms in total. The Kier molecular flexibility index (Phi) is 4.25. The first kappa shape index (κ1) is 10.2. The number of nitrogens with two attached hydrogens (primary N) is 1. The van der Waals surface area contributed by atoms with Crippen LogP contribution in [0.4, 0.5) is 0 Å². The maximum atomic E-state index is 9.61. The van der Waals surface area contributed by atoms with Crippen molar-refractivity contribution in [3.63, 3.8) is 0 Å². The van der Waals surface area contributed by atoms with E-state index in [9.17, 15) is 5.11 Å². The van der Waals surface area contributed by atoms with Crippen molar-refractivity contribution < 1.29 is 5.11 Å². The van der Waals surface area contributed by atoms with Crippen molar-refractivity contribution >= 4 is 12.4 Å². The molecule has 0 aromatic heterocycles. The van der Waals surface area contributed by atoms with Gasteiger partial charge in [0.1, 0.15) is 0 Å². The van der Waals surface area contributed by atoms with Gasteiger partial charge in [-0.15, -0.1) is 12.4 Å². The maximum Gasteiger partial charge on any atom is 0.0659 e. The van der Waals surface area contributed by atoms with Gasteiger partial charge in [-0.1, -0.05) is 12.8 Å². The molecule has 0 aromatic rings. The van der Waals surface area contributed by atoms with Crippen molar-refractivity contribution in [3.05, 3.63) is 0 Å². The number of aliphatic hydroxyl groups is 1. The molecule has 1 rings (SSSR count). The Balaban J connectivity index is 0.000000810. The van der Waals surface area contributed by atoms with Gasteiger partial charge in [-0.05, 0) is 25.8 Å². The third-order valence-corrected chi connectivity index (χ3v) is 2.14. The lowest BCUT2D eigenvalue weighted by Crippen LogP contribution is -2.27. The highest BCUT2D eigenvalue weighted by Crippen LogP contribution is 2.31. The monoisotopic (exact) mass is 165 g/mol. The summed E-state index contributed by atoms with van der Waals surface area (Å²) in [5, 5.41) is 9.61. The molecule has 0 aliphatic heterocycles. The van der Waals surface area contributed by atoms with Crippen LogP contribution in [0.2, 0.25) is 0 Å². The standard InChI is InChI=1S/C7H15NO.ClH/c8-6-5-7(9)3-1-2-4-7;/h9H,1-6,8H2;1H. The number of hydrogen-bond acceptors (Lipinski definition) is 2. The van der Waals surface area contributed by atoms with Crippen molar-refractivity contribution in [3.8, 4) is 0 Å². The van der Waals surface area contributed by atoms with Crippen LogP contribution in [0.3, 0.4) is 0 Å². The summed E-state index contributed by atoms with van der Waals surface area (Å²) in [4.78, 5) is 0. The van der Waals surface area contributed by atoms with Crippen LogP contribution in [0.15, 0.2) is 0 Å². The van der Waals surface area contributed by atoms with E-state index in [0.29, 0.717) is 6.54 Å². The molecular weight excluding hydrogens is 150 g/mol. The first-order valence-corrected chi connectivity index (χ1v) is 3.69. The van der Waals surface area contributed by atoms with Crippen LogP contribution >= 0.6 is 12.4 Å². The molecule has 3 N–H and O–H groups in total. The van der Waals surface area contributed by atoms with E-state index in [1.165, 1.54) is 12.8 Å². The van der Waals surface area contributed by atoms with Gasteiger partial charge in [0.2, 0.25) is 0 Å². The van der Waals surface area contributed by atoms with Crippen molar-refractivity contribution in [1.82, 2.24) is 0 Å². The van der Waals surface area contributed by atoms with E-state index in [2.05, 4.69) is 0 Å². The molecule has 0 saturated heterocycles. The Morgan fingerprint density at radius 1 is 1.30 bits per heavy atom. The van der Waals surface area contributed by atoms with Crippen LogP contribution in [-0.2, 0) is 0 Å². The molecule has 1 fully saturated rings. The minimum atomic E-state index is -0.380. The largest absolute Gasteiger partial charge is 0.390 e. The van der Waals surface area contributed by atoms with Crippen LogP contribution in [0, 0.1) is 0 Å². The molecule has 10 heavy (non-hydrogen) atoms. The summed E-state index contributed by atoms with van der Waals surface area (Å²) < 4.78 is 0. The summed E-state index contributed by atoms with van der Waals surface area (Å²) in [5.74, 6) is 0. The van der Waals surface area contributed by atoms with Crippen LogP contribution in [0.1, 0.15) is 32.1 Å². The number of rotatable bonds is 2. The highest BCUT2D eigenvalue weighted by Gasteiger charge is 2.29. The first-order chi connectivity index (χ1) is 4.27. The second-order valence-corrected chi connectivity index (χ2v) is 2.97. The van der Waals surface area contributed by atoms with Crippen molar-refractivity contribution in [2.75, 3.05) is 6.54 Å². The molecule has 1 saturated carbocycles. The average molecular weight is 166 g/mol. The highest BCUT2D eigenvalue weighted by atomic mass is 35.5. The van der Waals surface area contributed by atoms with Gasteiger partial charge in [-0.3, -0.25) is 0 Å². The molecule has 0 radical (unpaired) electrons. The van der Waals surface area contributed by atoms with E-state index in [1.807, 2.05) is 0 Å². The van der Waals surface area contributed by atoms with Crippen LogP contribution < -0.4 is 5.73 Å². The van der Waals surface area contributed by atoms with E-state index in [4.69, 9.17) is 5.73 Å². The van der Waals surface area contributed by atoms with E-state index < -0.39 is 0 Å². The molecule has 0 aromatic carbocycles. The van der Waals surface area contributed by atoms with E-state index in [-0.39, 0.29) is 18.0 Å². The molecule has 0 atom stereocenters. The minimum Gasteiger partial charge on any atom is -0.390 e. The van der Waals surface area contributed by atoms with Crippen LogP contribution in [0.25, 0.3) is 0 Å². The molecule has 3 heteroatoms. The zero-order valence-corrected chi connectivity index (χ0v) is 6.99. The average Bonchev–Trinajstić information content (AvgIpc) is 2.16. The summed E-state index contributed by atoms with van der Waals surface area (Å²) in [6.45, 7) is 0.622. The molecule has 0 amide bonds. The molecular formula is C7H16ClNO. The van der Waals surface area contributed by atoms with Gasteiger partial charge in [-0.2, -0.15) is 0 Å². The molecule has 1 aliphatic carbocycles. The maximum absolute atomic E-state index is 9.61. The van der Waals surface area contributed by atoms with Gasteiger partial charge in [0.25, 0.3) is 0 Å². The van der Waals surface area contributed by atoms with Crippen LogP contribution in [-0.4, -0.2) is 17.3 Å². The fraction of sp³-hybridized carbons (Fsp3) is 1.00. The summed E-state index contributed by atoms with van der Waals surface area (Å²) >= 11 is 0. The normalized spacial score (nSPS) is 22.2. The lowest BCUT2D eigenvalue weighted by Gasteiger charge is -2.20. The minimum absolute atomic E-state index is 0. The zero-order valence-electron chi connectivity index (χ0n) is 6.18. The topological polar surface area (TPSA) is 46.2 Å². The van der Waals surface area contributed by atoms with Gasteiger partial charge >= 0.3 is 0 Å². The van der Waals surface area contributed by atoms with Gasteiger partial charge in [0, 0.05) is 0 Å². The Hall–Kier alpha value is 0.210. The fourth-order valence-electron chi connectivity index (χ4n) is 1.55. The zero-order chi connectivity index (χ0) is 6.74. The van der Waals surface area contributed by atoms with Crippen molar-refractivity contribution in [2.24, 2.45) is 5.73 Å². The van der Waals surface area contributed by atoms with Gasteiger partial charge < -0.3 is 10.8 Å². The Morgan fingerprint density at radius 3 is 2.20 bits per heavy atom. The lowest BCUT2D eigenvalue weighted by molar-refractivity contribution is 0.0414. The fourth-order valence-corrected chi connectivity index (χ4v) is 1.55. The number of hydrogen-bond donors (Lipinski definition) is 2. The molecule has 0 unspecified atom stereocenters. The third-order valence-electron chi connectivity index (χ3n) is 2.14. The lowest BCUT2D eigenvalue weighted by atomic mass is 9.98. The molecule has 0 heterocycles. The summed E-state index contributed by atoms with van der Waals surface area (Å²) in [5.41, 5.74) is 4.95. The molecule has 62 valence electrons. The number of halogens is 1. The SMILES string of the molecule is Cl.NCCC1(O)CCCC1. The van der Waals surface area contributed by atoms with Gasteiger partial charge in [-0.25, -0.2) is 0 Å². The van der Waals surface area contributed by atoms with Crippen molar-refractivity contribution in [1.29, 1.82) is 0 Å². The van der Waals surface area contributed by atoms with E-state index in [1.54, 1.807) is 0 Å². The van der Waals surface area contributed by atoms with Crippen LogP contribution in [0.5, 0.6) is 0 Å². The summed E-state index contributed by atoms with van der Waals surface area (Å²) in [6, 6.07) is 0. The highest BCUT2D eigenvalue weighted by molar-refractivity contribution is 5.85. The van der Waals surface area contributed by atoms with E-state index in [0.717, 1.165) is 19.3 Å². The summed E-state index contributed by atoms with van der Waals surface area (Å²) in [7, 11) is 0. The van der Waals surface area contributed by atoms with Gasteiger partial charge in [0.05, 0.1) is 5.60 Å². The molecule has 0 spiro atoms. The Labute approximate surface area is 68.2 Å². The third kappa shape index (κ3) is 2.45. The molecule has 0 bridgehead atoms. The predicted octanol–water partition coefficient (Wildman–Crippen LogP) is 1.06. The van der Waals surface area contributed by atoms with E-state index >= 15 is 0 Å². The summed E-state index contributed by atoms with van der Waals surface area (Å²) in [6.07, 6.45) is 5.06. The quantitative estimate of drug-likeness (QED) is 0.643. The Bertz CT molecular complexity index is 91.6. The Morgan fingerprint density at radius 2 is 1.80 bits per heavy atom. The first-order valence-electron chi connectivity index (χ1n) is 3.69. The second kappa shape index (κ2) is 4.16. The van der Waals surface area contributed by atoms with Crippen molar-refractivity contribution in [2.45, 2.75) is 37.7 Å². The predicted molar refractivity (Wildman–Crippen MR) is 44.3 cm³/mol. The van der Waals surface area contributed by atoms with Gasteiger partial charge in [0.15, 0.2) is 0 Å². The second-order valence-electron chi connectivity index (χ2n) is 2.97. The smallest absolute Gasteiger partial charge is 0.0659 e. The molecule has 1 aliphatic rings.